The number of allylic oxidation sites excluding steroid dienone is 1. The summed E-state index contributed by atoms with van der Waals surface area (Å²) in [5, 5.41) is 1.09. The molecule has 0 fully saturated rings. The maximum atomic E-state index is 6.40. The van der Waals surface area contributed by atoms with Gasteiger partial charge in [-0.3, -0.25) is 0 Å². The van der Waals surface area contributed by atoms with Crippen LogP contribution in [-0.2, 0) is 0 Å². The van der Waals surface area contributed by atoms with E-state index < -0.39 is 8.32 Å². The van der Waals surface area contributed by atoms with Crippen molar-refractivity contribution in [3.8, 4) is 17.6 Å². The predicted octanol–water partition coefficient (Wildman–Crippen LogP) is 5.72. The Balaban J connectivity index is 1.75. The van der Waals surface area contributed by atoms with Crippen LogP contribution < -0.4 is 10.2 Å². The number of anilines is 1. The third-order valence-corrected chi connectivity index (χ3v) is 10.2. The Bertz CT molecular complexity index is 1070. The molecule has 0 aliphatic rings. The zero-order valence-electron chi connectivity index (χ0n) is 16.9. The number of hydrogen-bond donors (Lipinski definition) is 1. The van der Waals surface area contributed by atoms with Gasteiger partial charge in [0.25, 0.3) is 0 Å². The van der Waals surface area contributed by atoms with Gasteiger partial charge in [-0.15, -0.1) is 11.3 Å². The molecule has 0 amide bonds. The summed E-state index contributed by atoms with van der Waals surface area (Å²) in [5.74, 6) is 7.46. The van der Waals surface area contributed by atoms with E-state index >= 15 is 0 Å². The number of aromatic nitrogens is 2. The van der Waals surface area contributed by atoms with Crippen molar-refractivity contribution in [3.05, 3.63) is 53.2 Å². The van der Waals surface area contributed by atoms with Gasteiger partial charge < -0.3 is 10.2 Å². The van der Waals surface area contributed by atoms with Crippen LogP contribution in [0.2, 0.25) is 18.1 Å². The minimum absolute atomic E-state index is 0.169. The molecule has 28 heavy (non-hydrogen) atoms. The number of thiazole rings is 1. The van der Waals surface area contributed by atoms with E-state index in [9.17, 15) is 0 Å². The zero-order chi connectivity index (χ0) is 20.4. The van der Waals surface area contributed by atoms with Crippen molar-refractivity contribution in [2.75, 3.05) is 5.73 Å². The Kier molecular flexibility index (Phi) is 5.59. The van der Waals surface area contributed by atoms with Crippen LogP contribution in [0.1, 0.15) is 31.3 Å². The average molecular weight is 408 g/mol. The second-order valence-electron chi connectivity index (χ2n) is 8.12. The normalized spacial score (nSPS) is 12.2. The topological polar surface area (TPSA) is 61.0 Å². The van der Waals surface area contributed by atoms with Crippen LogP contribution in [0.3, 0.4) is 0 Å². The van der Waals surface area contributed by atoms with Crippen LogP contribution in [0, 0.1) is 11.8 Å². The first kappa shape index (κ1) is 20.1. The average Bonchev–Trinajstić information content (AvgIpc) is 3.01. The molecule has 0 radical (unpaired) electrons. The molecular formula is C22H25N3OSSi. The molecule has 0 unspecified atom stereocenters. The van der Waals surface area contributed by atoms with Crippen molar-refractivity contribution >= 4 is 41.8 Å². The van der Waals surface area contributed by atoms with Gasteiger partial charge in [-0.2, -0.15) is 0 Å². The molecule has 6 heteroatoms. The Morgan fingerprint density at radius 3 is 2.64 bits per heavy atom. The van der Waals surface area contributed by atoms with Crippen molar-refractivity contribution in [2.45, 2.75) is 38.9 Å². The maximum absolute atomic E-state index is 6.40. The lowest BCUT2D eigenvalue weighted by Gasteiger charge is -2.36. The van der Waals surface area contributed by atoms with Crippen molar-refractivity contribution in [1.29, 1.82) is 0 Å². The molecule has 2 aromatic heterocycles. The first-order valence-electron chi connectivity index (χ1n) is 9.13. The molecule has 3 rings (SSSR count). The van der Waals surface area contributed by atoms with Gasteiger partial charge in [0, 0.05) is 11.8 Å². The molecule has 0 aliphatic carbocycles. The van der Waals surface area contributed by atoms with E-state index in [1.54, 1.807) is 29.7 Å². The molecule has 2 heterocycles. The van der Waals surface area contributed by atoms with Crippen molar-refractivity contribution in [3.63, 3.8) is 0 Å². The lowest BCUT2D eigenvalue weighted by molar-refractivity contribution is 0.493. The lowest BCUT2D eigenvalue weighted by atomic mass is 10.2. The first-order chi connectivity index (χ1) is 13.1. The van der Waals surface area contributed by atoms with Gasteiger partial charge in [-0.25, -0.2) is 9.97 Å². The van der Waals surface area contributed by atoms with Gasteiger partial charge in [0.05, 0.1) is 10.2 Å². The fourth-order valence-corrected chi connectivity index (χ4v) is 4.14. The lowest BCUT2D eigenvalue weighted by Crippen LogP contribution is -2.43. The summed E-state index contributed by atoms with van der Waals surface area (Å²) in [5.41, 5.74) is 7.38. The summed E-state index contributed by atoms with van der Waals surface area (Å²) in [7, 11) is -1.85. The molecule has 0 aliphatic heterocycles. The maximum Gasteiger partial charge on any atom is 0.250 e. The van der Waals surface area contributed by atoms with Crippen LogP contribution in [0.15, 0.2) is 42.6 Å². The molecule has 1 aromatic carbocycles. The van der Waals surface area contributed by atoms with E-state index in [0.29, 0.717) is 5.82 Å². The molecule has 0 saturated carbocycles. The van der Waals surface area contributed by atoms with E-state index in [1.807, 2.05) is 24.3 Å². The summed E-state index contributed by atoms with van der Waals surface area (Å²) in [4.78, 5) is 8.67. The van der Waals surface area contributed by atoms with Crippen LogP contribution in [0.4, 0.5) is 5.82 Å². The number of pyridine rings is 1. The molecule has 0 bridgehead atoms. The smallest absolute Gasteiger partial charge is 0.250 e. The Morgan fingerprint density at radius 1 is 1.18 bits per heavy atom. The number of rotatable bonds is 3. The van der Waals surface area contributed by atoms with Gasteiger partial charge in [-0.1, -0.05) is 32.6 Å². The summed E-state index contributed by atoms with van der Waals surface area (Å²) in [6.45, 7) is 11.2. The van der Waals surface area contributed by atoms with Gasteiger partial charge in [0.2, 0.25) is 8.32 Å². The first-order valence-corrected chi connectivity index (χ1v) is 12.9. The molecular weight excluding hydrogens is 382 g/mol. The van der Waals surface area contributed by atoms with Crippen LogP contribution in [0.5, 0.6) is 5.75 Å². The summed E-state index contributed by atoms with van der Waals surface area (Å²) in [6.07, 6.45) is 5.40. The van der Waals surface area contributed by atoms with Gasteiger partial charge in [0.1, 0.15) is 16.6 Å². The third-order valence-electron chi connectivity index (χ3n) is 4.87. The van der Waals surface area contributed by atoms with Gasteiger partial charge in [0.15, 0.2) is 0 Å². The second kappa shape index (κ2) is 7.78. The highest BCUT2D eigenvalue weighted by Gasteiger charge is 2.38. The van der Waals surface area contributed by atoms with Gasteiger partial charge >= 0.3 is 0 Å². The zero-order valence-corrected chi connectivity index (χ0v) is 18.7. The molecule has 0 saturated heterocycles. The quantitative estimate of drug-likeness (QED) is 0.445. The third kappa shape index (κ3) is 4.80. The van der Waals surface area contributed by atoms with E-state index in [2.05, 4.69) is 61.7 Å². The summed E-state index contributed by atoms with van der Waals surface area (Å²) in [6, 6.07) is 9.73. The van der Waals surface area contributed by atoms with Crippen LogP contribution in [-0.4, -0.2) is 18.3 Å². The SMILES string of the molecule is CC(C)(C)[Si](C)(C)Oc1ccc2nc(/C=C/C#Cc3ccc(N)nc3)sc2c1. The van der Waals surface area contributed by atoms with Crippen molar-refractivity contribution < 1.29 is 4.43 Å². The van der Waals surface area contributed by atoms with Crippen molar-refractivity contribution in [2.24, 2.45) is 0 Å². The Morgan fingerprint density at radius 2 is 1.96 bits per heavy atom. The largest absolute Gasteiger partial charge is 0.543 e. The molecule has 0 spiro atoms. The molecule has 0 atom stereocenters. The fraction of sp³-hybridized carbons (Fsp3) is 0.273. The number of benzene rings is 1. The number of nitrogens with two attached hydrogens (primary N) is 1. The molecule has 144 valence electrons. The minimum atomic E-state index is -1.85. The Hall–Kier alpha value is -2.62. The summed E-state index contributed by atoms with van der Waals surface area (Å²) >= 11 is 1.63. The van der Waals surface area contributed by atoms with Crippen molar-refractivity contribution in [1.82, 2.24) is 9.97 Å². The molecule has 4 nitrogen and oxygen atoms in total. The number of nitrogens with zero attached hydrogens (tertiary/aromatic N) is 2. The van der Waals surface area contributed by atoms with E-state index in [0.717, 1.165) is 26.5 Å². The van der Waals surface area contributed by atoms with Gasteiger partial charge in [-0.05, 0) is 60.6 Å². The van der Waals surface area contributed by atoms with E-state index in [1.165, 1.54) is 0 Å². The standard InChI is InChI=1S/C22H25N3OSSi/c1-22(2,3)28(4,5)26-17-11-12-18-19(14-17)27-21(25-18)9-7-6-8-16-10-13-20(23)24-15-16/h7,9-15H,1-5H3,(H2,23,24)/b9-7+. The monoisotopic (exact) mass is 407 g/mol. The molecule has 2 N–H and O–H groups in total. The van der Waals surface area contributed by atoms with Crippen LogP contribution >= 0.6 is 11.3 Å². The fourth-order valence-electron chi connectivity index (χ4n) is 2.22. The highest BCUT2D eigenvalue weighted by Crippen LogP contribution is 2.38. The summed E-state index contributed by atoms with van der Waals surface area (Å²) < 4.78 is 7.52. The van der Waals surface area contributed by atoms with E-state index in [-0.39, 0.29) is 5.04 Å². The second-order valence-corrected chi connectivity index (χ2v) is 13.9. The molecule has 3 aromatic rings. The predicted molar refractivity (Wildman–Crippen MR) is 122 cm³/mol. The number of nitrogen functional groups attached to an aromatic ring is 1. The highest BCUT2D eigenvalue weighted by atomic mass is 32.1. The Labute approximate surface area is 171 Å². The minimum Gasteiger partial charge on any atom is -0.543 e. The van der Waals surface area contributed by atoms with E-state index in [4.69, 9.17) is 10.2 Å². The number of hydrogen-bond acceptors (Lipinski definition) is 5. The number of fused-ring (bicyclic) bond motifs is 1. The van der Waals surface area contributed by atoms with Crippen LogP contribution in [0.25, 0.3) is 16.3 Å². The highest BCUT2D eigenvalue weighted by molar-refractivity contribution is 7.19.